The van der Waals surface area contributed by atoms with Gasteiger partial charge in [-0.25, -0.2) is 4.98 Å². The largest absolute Gasteiger partial charge is 0.485 e. The molecule has 1 aliphatic heterocycles. The third-order valence-corrected chi connectivity index (χ3v) is 6.91. The van der Waals surface area contributed by atoms with Gasteiger partial charge in [-0.3, -0.25) is 9.89 Å². The van der Waals surface area contributed by atoms with Crippen molar-refractivity contribution in [3.05, 3.63) is 76.2 Å². The molecule has 0 atom stereocenters. The Bertz CT molecular complexity index is 1590. The second-order valence-electron chi connectivity index (χ2n) is 9.06. The Morgan fingerprint density at radius 2 is 1.83 bits per heavy atom. The van der Waals surface area contributed by atoms with Crippen molar-refractivity contribution in [3.63, 3.8) is 0 Å². The van der Waals surface area contributed by atoms with Crippen LogP contribution in [0.5, 0.6) is 5.75 Å². The van der Waals surface area contributed by atoms with Gasteiger partial charge in [0.1, 0.15) is 11.8 Å². The van der Waals surface area contributed by atoms with Crippen molar-refractivity contribution in [3.8, 4) is 28.1 Å². The highest BCUT2D eigenvalue weighted by molar-refractivity contribution is 6.35. The summed E-state index contributed by atoms with van der Waals surface area (Å²) in [5.41, 5.74) is 4.58. The van der Waals surface area contributed by atoms with Crippen molar-refractivity contribution < 1.29 is 4.74 Å². The Labute approximate surface area is 206 Å². The van der Waals surface area contributed by atoms with Crippen molar-refractivity contribution in [1.29, 1.82) is 0 Å². The molecule has 0 saturated carbocycles. The minimum atomic E-state index is -0.265. The van der Waals surface area contributed by atoms with Crippen molar-refractivity contribution in [2.75, 3.05) is 20.1 Å². The molecule has 2 aromatic carbocycles. The Kier molecular flexibility index (Phi) is 5.51. The van der Waals surface area contributed by atoms with Gasteiger partial charge in [-0.15, -0.1) is 0 Å². The first-order valence-electron chi connectivity index (χ1n) is 11.7. The second kappa shape index (κ2) is 8.83. The Morgan fingerprint density at radius 1 is 1.03 bits per heavy atom. The van der Waals surface area contributed by atoms with E-state index < -0.39 is 0 Å². The minimum Gasteiger partial charge on any atom is -0.485 e. The zero-order valence-electron chi connectivity index (χ0n) is 19.2. The van der Waals surface area contributed by atoms with Gasteiger partial charge in [-0.05, 0) is 49.7 Å². The number of aromatic amines is 2. The molecule has 0 spiro atoms. The molecule has 0 bridgehead atoms. The molecule has 8 heteroatoms. The lowest BCUT2D eigenvalue weighted by Gasteiger charge is -2.29. The summed E-state index contributed by atoms with van der Waals surface area (Å²) in [6.45, 7) is 1.92. The van der Waals surface area contributed by atoms with E-state index in [0.717, 1.165) is 64.6 Å². The van der Waals surface area contributed by atoms with E-state index in [1.807, 2.05) is 48.5 Å². The summed E-state index contributed by atoms with van der Waals surface area (Å²) in [6.07, 6.45) is 3.58. The van der Waals surface area contributed by atoms with Gasteiger partial charge in [0.05, 0.1) is 22.4 Å². The lowest BCUT2D eigenvalue weighted by molar-refractivity contribution is 0.113. The number of pyridine rings is 2. The molecule has 3 aromatic heterocycles. The molecule has 5 aromatic rings. The van der Waals surface area contributed by atoms with Crippen LogP contribution < -0.4 is 10.3 Å². The van der Waals surface area contributed by atoms with Gasteiger partial charge in [-0.2, -0.15) is 5.10 Å². The van der Waals surface area contributed by atoms with Gasteiger partial charge in [-0.1, -0.05) is 41.9 Å². The van der Waals surface area contributed by atoms with Crippen LogP contribution in [0.4, 0.5) is 0 Å². The lowest BCUT2D eigenvalue weighted by atomic mass is 9.97. The first kappa shape index (κ1) is 21.8. The number of fused-ring (bicyclic) bond motifs is 2. The SMILES string of the molecule is CN1CCC(Oc2cc3cc(-c4cc(Cl)c5[nH]ncc5c4)c(-c4ccccc4)nc3[nH]c2=O)CC1. The van der Waals surface area contributed by atoms with Gasteiger partial charge in [0.15, 0.2) is 5.75 Å². The van der Waals surface area contributed by atoms with Gasteiger partial charge < -0.3 is 14.6 Å². The summed E-state index contributed by atoms with van der Waals surface area (Å²) < 4.78 is 6.14. The number of likely N-dealkylation sites (tertiary alicyclic amines) is 1. The van der Waals surface area contributed by atoms with Crippen LogP contribution in [0, 0.1) is 0 Å². The molecule has 35 heavy (non-hydrogen) atoms. The highest BCUT2D eigenvalue weighted by Crippen LogP contribution is 2.36. The predicted octanol–water partition coefficient (Wildman–Crippen LogP) is 5.26. The molecule has 7 nitrogen and oxygen atoms in total. The van der Waals surface area contributed by atoms with E-state index in [0.29, 0.717) is 16.4 Å². The van der Waals surface area contributed by atoms with Gasteiger partial charge in [0.25, 0.3) is 5.56 Å². The van der Waals surface area contributed by atoms with Gasteiger partial charge in [0.2, 0.25) is 0 Å². The highest BCUT2D eigenvalue weighted by Gasteiger charge is 2.20. The van der Waals surface area contributed by atoms with E-state index in [4.69, 9.17) is 21.3 Å². The molecule has 1 aliphatic rings. The van der Waals surface area contributed by atoms with E-state index in [2.05, 4.69) is 27.1 Å². The van der Waals surface area contributed by atoms with Crippen LogP contribution in [0.15, 0.2) is 65.6 Å². The molecule has 0 unspecified atom stereocenters. The summed E-state index contributed by atoms with van der Waals surface area (Å²) >= 11 is 6.57. The summed E-state index contributed by atoms with van der Waals surface area (Å²) in [4.78, 5) is 23.0. The zero-order valence-corrected chi connectivity index (χ0v) is 20.0. The molecular formula is C27H24ClN5O2. The molecule has 1 saturated heterocycles. The number of rotatable bonds is 4. The maximum absolute atomic E-state index is 12.9. The number of nitrogens with one attached hydrogen (secondary N) is 2. The fourth-order valence-electron chi connectivity index (χ4n) is 4.69. The molecular weight excluding hydrogens is 462 g/mol. The number of hydrogen-bond donors (Lipinski definition) is 2. The maximum Gasteiger partial charge on any atom is 0.291 e. The molecule has 176 valence electrons. The quantitative estimate of drug-likeness (QED) is 0.362. The number of benzene rings is 2. The van der Waals surface area contributed by atoms with Crippen LogP contribution in [0.1, 0.15) is 12.8 Å². The molecule has 1 fully saturated rings. The molecule has 4 heterocycles. The first-order valence-corrected chi connectivity index (χ1v) is 12.0. The van der Waals surface area contributed by atoms with Crippen LogP contribution in [0.25, 0.3) is 44.3 Å². The summed E-state index contributed by atoms with van der Waals surface area (Å²) in [5.74, 6) is 0.329. The molecule has 6 rings (SSSR count). The number of ether oxygens (including phenoxy) is 1. The summed E-state index contributed by atoms with van der Waals surface area (Å²) in [6, 6.07) is 17.7. The molecule has 0 aliphatic carbocycles. The van der Waals surface area contributed by atoms with Crippen molar-refractivity contribution >= 4 is 33.5 Å². The van der Waals surface area contributed by atoms with Crippen LogP contribution in [-0.2, 0) is 0 Å². The van der Waals surface area contributed by atoms with Crippen molar-refractivity contribution in [2.45, 2.75) is 18.9 Å². The van der Waals surface area contributed by atoms with Gasteiger partial charge >= 0.3 is 0 Å². The second-order valence-corrected chi connectivity index (χ2v) is 9.47. The van der Waals surface area contributed by atoms with Crippen LogP contribution in [0.2, 0.25) is 5.02 Å². The normalized spacial score (nSPS) is 15.1. The third-order valence-electron chi connectivity index (χ3n) is 6.61. The first-order chi connectivity index (χ1) is 17.0. The van der Waals surface area contributed by atoms with E-state index in [1.165, 1.54) is 0 Å². The van der Waals surface area contributed by atoms with Crippen molar-refractivity contribution in [2.24, 2.45) is 0 Å². The smallest absolute Gasteiger partial charge is 0.291 e. The van der Waals surface area contributed by atoms with Gasteiger partial charge in [0, 0.05) is 35.0 Å². The average Bonchev–Trinajstić information content (AvgIpc) is 3.35. The lowest BCUT2D eigenvalue weighted by Crippen LogP contribution is -2.36. The number of nitrogens with zero attached hydrogens (tertiary/aromatic N) is 3. The molecule has 2 N–H and O–H groups in total. The van der Waals surface area contributed by atoms with E-state index in [1.54, 1.807) is 12.3 Å². The number of halogens is 1. The maximum atomic E-state index is 12.9. The van der Waals surface area contributed by atoms with Crippen LogP contribution in [0.3, 0.4) is 0 Å². The van der Waals surface area contributed by atoms with E-state index in [9.17, 15) is 4.79 Å². The number of hydrogen-bond acceptors (Lipinski definition) is 5. The third kappa shape index (κ3) is 4.17. The monoisotopic (exact) mass is 485 g/mol. The average molecular weight is 486 g/mol. The fourth-order valence-corrected chi connectivity index (χ4v) is 4.96. The van der Waals surface area contributed by atoms with Crippen molar-refractivity contribution in [1.82, 2.24) is 25.1 Å². The van der Waals surface area contributed by atoms with Crippen LogP contribution >= 0.6 is 11.6 Å². The van der Waals surface area contributed by atoms with E-state index in [-0.39, 0.29) is 11.7 Å². The van der Waals surface area contributed by atoms with Crippen LogP contribution in [-0.4, -0.2) is 51.3 Å². The Balaban J connectivity index is 1.51. The van der Waals surface area contributed by atoms with E-state index >= 15 is 0 Å². The molecule has 0 radical (unpaired) electrons. The number of H-pyrrole nitrogens is 2. The summed E-state index contributed by atoms with van der Waals surface area (Å²) in [7, 11) is 2.10. The molecule has 0 amide bonds. The summed E-state index contributed by atoms with van der Waals surface area (Å²) in [5, 5.41) is 9.36. The predicted molar refractivity (Wildman–Crippen MR) is 139 cm³/mol. The number of aromatic nitrogens is 4. The fraction of sp³-hybridized carbons (Fsp3) is 0.222. The Morgan fingerprint density at radius 3 is 2.63 bits per heavy atom. The standard InChI is InChI=1S/C27H24ClN5O2/c1-33-9-7-20(8-10-33)35-23-14-18-12-21(17-11-19-15-29-32-25(19)22(28)13-17)24(16-5-3-2-4-6-16)30-26(18)31-27(23)34/h2-6,11-15,20H,7-10H2,1H3,(H,29,32)(H,30,31,34). The highest BCUT2D eigenvalue weighted by atomic mass is 35.5. The minimum absolute atomic E-state index is 0.0306. The topological polar surface area (TPSA) is 86.9 Å². The number of piperidine rings is 1. The zero-order chi connectivity index (χ0) is 23.9. The Hall–Kier alpha value is -3.68.